The normalized spacial score (nSPS) is 27.7. The molecule has 4 atom stereocenters. The predicted molar refractivity (Wildman–Crippen MR) is 142 cm³/mol. The highest BCUT2D eigenvalue weighted by Crippen LogP contribution is 2.54. The average Bonchev–Trinajstić information content (AvgIpc) is 3.17. The molecule has 1 amide bonds. The maximum Gasteiger partial charge on any atom is 0.243 e. The Kier molecular flexibility index (Phi) is 6.39. The van der Waals surface area contributed by atoms with E-state index in [4.69, 9.17) is 4.74 Å². The first-order chi connectivity index (χ1) is 15.9. The molecule has 0 saturated carbocycles. The third-order valence-electron chi connectivity index (χ3n) is 8.35. The Bertz CT molecular complexity index is 1090. The zero-order valence-corrected chi connectivity index (χ0v) is 22.3. The SMILES string of the molecule is C=C[C@@]1(C)CC[C@H](C(C)(C)C)c2c1cc1c3c(c[nH]c23)C[C@@H](COC)NC(=O)[C@H](C(C)C)N1C. The summed E-state index contributed by atoms with van der Waals surface area (Å²) in [4.78, 5) is 19.4. The number of benzene rings is 1. The van der Waals surface area contributed by atoms with E-state index in [1.54, 1.807) is 7.11 Å². The maximum atomic E-state index is 13.5. The van der Waals surface area contributed by atoms with Gasteiger partial charge in [-0.1, -0.05) is 47.6 Å². The molecule has 1 aliphatic heterocycles. The summed E-state index contributed by atoms with van der Waals surface area (Å²) in [5, 5.41) is 4.54. The smallest absolute Gasteiger partial charge is 0.243 e. The minimum absolute atomic E-state index is 0.0648. The molecule has 1 aliphatic carbocycles. The third-order valence-corrected chi connectivity index (χ3v) is 8.35. The highest BCUT2D eigenvalue weighted by molar-refractivity contribution is 6.01. The lowest BCUT2D eigenvalue weighted by molar-refractivity contribution is -0.124. The number of nitrogens with zero attached hydrogens (tertiary/aromatic N) is 1. The van der Waals surface area contributed by atoms with Crippen LogP contribution in [0.4, 0.5) is 5.69 Å². The molecule has 0 spiro atoms. The van der Waals surface area contributed by atoms with E-state index in [2.05, 4.69) is 88.7 Å². The van der Waals surface area contributed by atoms with Gasteiger partial charge in [-0.2, -0.15) is 0 Å². The molecule has 0 bridgehead atoms. The topological polar surface area (TPSA) is 57.4 Å². The monoisotopic (exact) mass is 465 g/mol. The number of fused-ring (bicyclic) bond motifs is 2. The van der Waals surface area contributed by atoms with E-state index in [0.717, 1.165) is 24.9 Å². The second-order valence-electron chi connectivity index (χ2n) is 12.2. The fourth-order valence-corrected chi connectivity index (χ4v) is 6.45. The molecule has 5 nitrogen and oxygen atoms in total. The van der Waals surface area contributed by atoms with E-state index in [9.17, 15) is 4.79 Å². The van der Waals surface area contributed by atoms with Gasteiger partial charge in [-0.15, -0.1) is 6.58 Å². The van der Waals surface area contributed by atoms with Gasteiger partial charge in [-0.3, -0.25) is 4.79 Å². The van der Waals surface area contributed by atoms with Gasteiger partial charge in [0, 0.05) is 36.8 Å². The number of anilines is 1. The van der Waals surface area contributed by atoms with E-state index < -0.39 is 0 Å². The number of carbonyl (C=O) groups is 1. The van der Waals surface area contributed by atoms with Gasteiger partial charge in [0.05, 0.1) is 18.2 Å². The molecule has 2 N–H and O–H groups in total. The molecule has 0 fully saturated rings. The minimum atomic E-state index is -0.265. The number of aromatic amines is 1. The van der Waals surface area contributed by atoms with Gasteiger partial charge in [-0.25, -0.2) is 0 Å². The summed E-state index contributed by atoms with van der Waals surface area (Å²) in [6.45, 7) is 18.4. The largest absolute Gasteiger partial charge is 0.383 e. The number of ether oxygens (including phenoxy) is 1. The number of rotatable bonds is 4. The third kappa shape index (κ3) is 3.96. The number of aromatic nitrogens is 1. The van der Waals surface area contributed by atoms with Gasteiger partial charge >= 0.3 is 0 Å². The van der Waals surface area contributed by atoms with Crippen molar-refractivity contribution in [3.8, 4) is 0 Å². The fraction of sp³-hybridized carbons (Fsp3) is 0.621. The molecule has 0 unspecified atom stereocenters. The van der Waals surface area contributed by atoms with E-state index in [1.807, 2.05) is 0 Å². The molecule has 34 heavy (non-hydrogen) atoms. The molecule has 186 valence electrons. The second-order valence-corrected chi connectivity index (χ2v) is 12.2. The lowest BCUT2D eigenvalue weighted by Crippen LogP contribution is -2.52. The van der Waals surface area contributed by atoms with Crippen molar-refractivity contribution >= 4 is 22.5 Å². The Morgan fingerprint density at radius 1 is 1.35 bits per heavy atom. The number of hydrogen-bond acceptors (Lipinski definition) is 3. The highest BCUT2D eigenvalue weighted by Gasteiger charge is 2.42. The molecule has 5 heteroatoms. The Morgan fingerprint density at radius 3 is 2.65 bits per heavy atom. The Morgan fingerprint density at radius 2 is 2.06 bits per heavy atom. The van der Waals surface area contributed by atoms with Crippen LogP contribution in [0.1, 0.15) is 77.0 Å². The van der Waals surface area contributed by atoms with Crippen molar-refractivity contribution in [1.29, 1.82) is 0 Å². The van der Waals surface area contributed by atoms with Gasteiger partial charge in [-0.05, 0) is 59.3 Å². The van der Waals surface area contributed by atoms with E-state index >= 15 is 0 Å². The minimum Gasteiger partial charge on any atom is -0.383 e. The van der Waals surface area contributed by atoms with Crippen molar-refractivity contribution in [2.24, 2.45) is 11.3 Å². The van der Waals surface area contributed by atoms with Crippen molar-refractivity contribution in [3.05, 3.63) is 41.6 Å². The lowest BCUT2D eigenvalue weighted by Gasteiger charge is -2.44. The molecule has 2 aromatic rings. The van der Waals surface area contributed by atoms with Gasteiger partial charge in [0.1, 0.15) is 6.04 Å². The number of methoxy groups -OCH3 is 1. The first kappa shape index (κ1) is 24.8. The Labute approximate surface area is 205 Å². The van der Waals surface area contributed by atoms with Crippen LogP contribution >= 0.6 is 0 Å². The molecule has 4 rings (SSSR count). The number of amides is 1. The van der Waals surface area contributed by atoms with Crippen LogP contribution < -0.4 is 10.2 Å². The van der Waals surface area contributed by atoms with Crippen molar-refractivity contribution in [3.63, 3.8) is 0 Å². The Balaban J connectivity index is 2.07. The molecular formula is C29H43N3O2. The fourth-order valence-electron chi connectivity index (χ4n) is 6.45. The molecule has 2 aliphatic rings. The molecule has 2 heterocycles. The zero-order chi connectivity index (χ0) is 25.0. The number of carbonyl (C=O) groups excluding carboxylic acids is 1. The van der Waals surface area contributed by atoms with Crippen LogP contribution in [0.3, 0.4) is 0 Å². The molecule has 0 saturated heterocycles. The van der Waals surface area contributed by atoms with E-state index in [0.29, 0.717) is 12.5 Å². The zero-order valence-electron chi connectivity index (χ0n) is 22.3. The first-order valence-corrected chi connectivity index (χ1v) is 12.8. The second kappa shape index (κ2) is 8.75. The summed E-state index contributed by atoms with van der Waals surface area (Å²) < 4.78 is 5.49. The lowest BCUT2D eigenvalue weighted by atomic mass is 9.61. The summed E-state index contributed by atoms with van der Waals surface area (Å²) in [5.74, 6) is 0.677. The summed E-state index contributed by atoms with van der Waals surface area (Å²) >= 11 is 0. The van der Waals surface area contributed by atoms with Crippen molar-refractivity contribution in [2.75, 3.05) is 25.7 Å². The van der Waals surface area contributed by atoms with E-state index in [-0.39, 0.29) is 34.7 Å². The maximum absolute atomic E-state index is 13.5. The van der Waals surface area contributed by atoms with Crippen LogP contribution in [0.2, 0.25) is 0 Å². The molecule has 1 aromatic carbocycles. The quantitative estimate of drug-likeness (QED) is 0.571. The van der Waals surface area contributed by atoms with Crippen molar-refractivity contribution in [1.82, 2.24) is 10.3 Å². The summed E-state index contributed by atoms with van der Waals surface area (Å²) in [7, 11) is 3.78. The van der Waals surface area contributed by atoms with Crippen LogP contribution in [-0.4, -0.2) is 43.7 Å². The Hall–Kier alpha value is -2.27. The van der Waals surface area contributed by atoms with Gasteiger partial charge < -0.3 is 19.9 Å². The predicted octanol–water partition coefficient (Wildman–Crippen LogP) is 5.68. The number of hydrogen-bond donors (Lipinski definition) is 2. The highest BCUT2D eigenvalue weighted by atomic mass is 16.5. The van der Waals surface area contributed by atoms with Crippen LogP contribution in [0.25, 0.3) is 10.9 Å². The number of H-pyrrole nitrogens is 1. The standard InChI is InChI=1S/C29H43N3O2/c1-10-29(7)12-11-20(28(4,5)6)24-21(29)14-22-23-18(15-30-25(23)24)13-19(16-34-9)31-27(33)26(17(2)3)32(22)8/h10,14-15,17,19-20,26,30H,1,11-13,16H2,2-9H3,(H,31,33)/t19-,20-,26-,29-/m0/s1. The summed E-state index contributed by atoms with van der Waals surface area (Å²) in [6, 6.07) is 2.05. The first-order valence-electron chi connectivity index (χ1n) is 12.8. The van der Waals surface area contributed by atoms with E-state index in [1.165, 1.54) is 27.6 Å². The number of likely N-dealkylation sites (N-methyl/N-ethyl adjacent to an activating group) is 1. The average molecular weight is 466 g/mol. The molecular weight excluding hydrogens is 422 g/mol. The van der Waals surface area contributed by atoms with Gasteiger partial charge in [0.2, 0.25) is 5.91 Å². The number of nitrogens with one attached hydrogen (secondary N) is 2. The van der Waals surface area contributed by atoms with Crippen LogP contribution in [0.5, 0.6) is 0 Å². The molecule has 0 radical (unpaired) electrons. The van der Waals surface area contributed by atoms with Crippen LogP contribution in [0, 0.1) is 11.3 Å². The van der Waals surface area contributed by atoms with Gasteiger partial charge in [0.15, 0.2) is 0 Å². The van der Waals surface area contributed by atoms with Gasteiger partial charge in [0.25, 0.3) is 0 Å². The molecule has 1 aromatic heterocycles. The summed E-state index contributed by atoms with van der Waals surface area (Å²) in [5.41, 5.74) is 6.45. The van der Waals surface area contributed by atoms with Crippen molar-refractivity contribution in [2.45, 2.75) is 84.2 Å². The summed E-state index contributed by atoms with van der Waals surface area (Å²) in [6.07, 6.45) is 7.25. The van der Waals surface area contributed by atoms with Crippen molar-refractivity contribution < 1.29 is 9.53 Å². The van der Waals surface area contributed by atoms with Crippen LogP contribution in [-0.2, 0) is 21.4 Å². The van der Waals surface area contributed by atoms with Crippen LogP contribution in [0.15, 0.2) is 24.9 Å². The number of allylic oxidation sites excluding steroid dienone is 1.